The van der Waals surface area contributed by atoms with Crippen LogP contribution in [-0.2, 0) is 4.74 Å². The van der Waals surface area contributed by atoms with Crippen LogP contribution in [0, 0.1) is 5.92 Å². The van der Waals surface area contributed by atoms with Crippen LogP contribution in [-0.4, -0.2) is 26.9 Å². The van der Waals surface area contributed by atoms with Crippen molar-refractivity contribution in [2.45, 2.75) is 25.5 Å². The van der Waals surface area contributed by atoms with Crippen molar-refractivity contribution >= 4 is 11.6 Å². The summed E-state index contributed by atoms with van der Waals surface area (Å²) in [7, 11) is 3.61. The van der Waals surface area contributed by atoms with Gasteiger partial charge in [-0.25, -0.2) is 0 Å². The average Bonchev–Trinajstić information content (AvgIpc) is 2.78. The van der Waals surface area contributed by atoms with Crippen LogP contribution < -0.4 is 10.1 Å². The van der Waals surface area contributed by atoms with Crippen LogP contribution in [0.25, 0.3) is 0 Å². The maximum absolute atomic E-state index is 6.34. The number of nitrogens with one attached hydrogen (secondary N) is 1. The van der Waals surface area contributed by atoms with Crippen LogP contribution in [0.2, 0.25) is 5.02 Å². The topological polar surface area (TPSA) is 30.5 Å². The molecule has 1 heterocycles. The third-order valence-electron chi connectivity index (χ3n) is 3.55. The molecule has 18 heavy (non-hydrogen) atoms. The van der Waals surface area contributed by atoms with Gasteiger partial charge in [0.25, 0.3) is 0 Å². The summed E-state index contributed by atoms with van der Waals surface area (Å²) in [5, 5.41) is 4.10. The Morgan fingerprint density at radius 1 is 1.50 bits per heavy atom. The summed E-state index contributed by atoms with van der Waals surface area (Å²) in [6, 6.07) is 6.07. The Morgan fingerprint density at radius 2 is 2.28 bits per heavy atom. The molecule has 3 nitrogen and oxygen atoms in total. The molecule has 3 unspecified atom stereocenters. The molecule has 1 aromatic rings. The molecule has 2 rings (SSSR count). The van der Waals surface area contributed by atoms with Crippen molar-refractivity contribution in [1.82, 2.24) is 5.32 Å². The fraction of sp³-hybridized carbons (Fsp3) is 0.571. The van der Waals surface area contributed by atoms with E-state index in [0.717, 1.165) is 29.4 Å². The molecule has 0 saturated carbocycles. The molecular formula is C14H20ClNO2. The summed E-state index contributed by atoms with van der Waals surface area (Å²) in [5.41, 5.74) is 1.11. The van der Waals surface area contributed by atoms with Crippen molar-refractivity contribution in [2.24, 2.45) is 5.92 Å². The lowest BCUT2D eigenvalue weighted by Crippen LogP contribution is -2.26. The summed E-state index contributed by atoms with van der Waals surface area (Å²) in [4.78, 5) is 0. The molecular weight excluding hydrogens is 250 g/mol. The molecule has 1 saturated heterocycles. The highest BCUT2D eigenvalue weighted by atomic mass is 35.5. The Morgan fingerprint density at radius 3 is 2.78 bits per heavy atom. The van der Waals surface area contributed by atoms with E-state index in [-0.39, 0.29) is 6.04 Å². The third kappa shape index (κ3) is 2.79. The van der Waals surface area contributed by atoms with Gasteiger partial charge in [-0.3, -0.25) is 0 Å². The number of methoxy groups -OCH3 is 1. The van der Waals surface area contributed by atoms with Crippen molar-refractivity contribution in [3.63, 3.8) is 0 Å². The van der Waals surface area contributed by atoms with Gasteiger partial charge in [0.05, 0.1) is 19.8 Å². The Hall–Kier alpha value is -0.770. The van der Waals surface area contributed by atoms with Crippen LogP contribution >= 0.6 is 11.6 Å². The first-order valence-electron chi connectivity index (χ1n) is 6.28. The van der Waals surface area contributed by atoms with Crippen molar-refractivity contribution < 1.29 is 9.47 Å². The van der Waals surface area contributed by atoms with Crippen LogP contribution in [0.1, 0.15) is 24.9 Å². The van der Waals surface area contributed by atoms with Crippen molar-refractivity contribution in [3.8, 4) is 5.75 Å². The first-order chi connectivity index (χ1) is 8.65. The molecule has 1 aliphatic heterocycles. The zero-order valence-electron chi connectivity index (χ0n) is 11.1. The van der Waals surface area contributed by atoms with Gasteiger partial charge in [0.1, 0.15) is 5.75 Å². The van der Waals surface area contributed by atoms with Gasteiger partial charge in [-0.2, -0.15) is 0 Å². The number of benzene rings is 1. The monoisotopic (exact) mass is 269 g/mol. The summed E-state index contributed by atoms with van der Waals surface area (Å²) in [6.07, 6.45) is 1.40. The number of ether oxygens (including phenoxy) is 2. The van der Waals surface area contributed by atoms with Gasteiger partial charge in [-0.05, 0) is 38.1 Å². The predicted molar refractivity (Wildman–Crippen MR) is 73.3 cm³/mol. The first-order valence-corrected chi connectivity index (χ1v) is 6.65. The molecule has 0 aromatic heterocycles. The van der Waals surface area contributed by atoms with E-state index in [1.54, 1.807) is 7.11 Å². The quantitative estimate of drug-likeness (QED) is 0.911. The lowest BCUT2D eigenvalue weighted by Gasteiger charge is -2.23. The fourth-order valence-corrected chi connectivity index (χ4v) is 2.90. The molecule has 1 fully saturated rings. The highest BCUT2D eigenvalue weighted by Gasteiger charge is 2.30. The van der Waals surface area contributed by atoms with Crippen LogP contribution in [0.4, 0.5) is 0 Å². The smallest absolute Gasteiger partial charge is 0.120 e. The first kappa shape index (κ1) is 13.7. The molecule has 1 aliphatic rings. The minimum absolute atomic E-state index is 0.230. The molecule has 0 radical (unpaired) electrons. The summed E-state index contributed by atoms with van der Waals surface area (Å²) < 4.78 is 10.8. The summed E-state index contributed by atoms with van der Waals surface area (Å²) >= 11 is 6.34. The predicted octanol–water partition coefficient (Wildman–Crippen LogP) is 3.03. The maximum Gasteiger partial charge on any atom is 0.120 e. The van der Waals surface area contributed by atoms with Crippen LogP contribution in [0.15, 0.2) is 18.2 Å². The normalized spacial score (nSPS) is 25.1. The van der Waals surface area contributed by atoms with E-state index in [9.17, 15) is 0 Å². The van der Waals surface area contributed by atoms with Crippen molar-refractivity contribution in [1.29, 1.82) is 0 Å². The van der Waals surface area contributed by atoms with Gasteiger partial charge in [0.2, 0.25) is 0 Å². The SMILES string of the molecule is CNC(c1ccc(OC)cc1Cl)C1COC(C)C1. The zero-order chi connectivity index (χ0) is 13.1. The Balaban J connectivity index is 2.22. The van der Waals surface area contributed by atoms with Gasteiger partial charge in [-0.15, -0.1) is 0 Å². The summed E-state index contributed by atoms with van der Waals surface area (Å²) in [5.74, 6) is 1.26. The van der Waals surface area contributed by atoms with Gasteiger partial charge >= 0.3 is 0 Å². The molecule has 3 atom stereocenters. The lowest BCUT2D eigenvalue weighted by molar-refractivity contribution is 0.117. The number of hydrogen-bond donors (Lipinski definition) is 1. The van der Waals surface area contributed by atoms with Gasteiger partial charge in [0.15, 0.2) is 0 Å². The molecule has 0 spiro atoms. The second kappa shape index (κ2) is 5.91. The van der Waals surface area contributed by atoms with E-state index in [4.69, 9.17) is 21.1 Å². The second-order valence-corrected chi connectivity index (χ2v) is 5.20. The van der Waals surface area contributed by atoms with E-state index in [0.29, 0.717) is 12.0 Å². The minimum Gasteiger partial charge on any atom is -0.497 e. The van der Waals surface area contributed by atoms with E-state index >= 15 is 0 Å². The van der Waals surface area contributed by atoms with Gasteiger partial charge < -0.3 is 14.8 Å². The second-order valence-electron chi connectivity index (χ2n) is 4.79. The molecule has 1 aromatic carbocycles. The maximum atomic E-state index is 6.34. The zero-order valence-corrected chi connectivity index (χ0v) is 11.8. The molecule has 1 N–H and O–H groups in total. The van der Waals surface area contributed by atoms with Crippen LogP contribution in [0.5, 0.6) is 5.75 Å². The molecule has 100 valence electrons. The minimum atomic E-state index is 0.230. The van der Waals surface area contributed by atoms with E-state index in [2.05, 4.69) is 12.2 Å². The fourth-order valence-electron chi connectivity index (χ4n) is 2.61. The van der Waals surface area contributed by atoms with Gasteiger partial charge in [0, 0.05) is 17.0 Å². The Bertz CT molecular complexity index is 411. The lowest BCUT2D eigenvalue weighted by atomic mass is 9.91. The van der Waals surface area contributed by atoms with Crippen LogP contribution in [0.3, 0.4) is 0 Å². The van der Waals surface area contributed by atoms with E-state index in [1.807, 2.05) is 25.2 Å². The highest BCUT2D eigenvalue weighted by molar-refractivity contribution is 6.31. The van der Waals surface area contributed by atoms with Crippen molar-refractivity contribution in [3.05, 3.63) is 28.8 Å². The molecule has 0 aliphatic carbocycles. The molecule has 0 bridgehead atoms. The van der Waals surface area contributed by atoms with E-state index < -0.39 is 0 Å². The van der Waals surface area contributed by atoms with E-state index in [1.165, 1.54) is 0 Å². The molecule has 0 amide bonds. The number of hydrogen-bond acceptors (Lipinski definition) is 3. The van der Waals surface area contributed by atoms with Gasteiger partial charge in [-0.1, -0.05) is 17.7 Å². The number of rotatable bonds is 4. The number of halogens is 1. The molecule has 4 heteroatoms. The Labute approximate surface area is 113 Å². The highest BCUT2D eigenvalue weighted by Crippen LogP contribution is 2.36. The largest absolute Gasteiger partial charge is 0.497 e. The standard InChI is InChI=1S/C14H20ClNO2/c1-9-6-10(8-18-9)14(16-2)12-5-4-11(17-3)7-13(12)15/h4-5,7,9-10,14,16H,6,8H2,1-3H3. The Kier molecular flexibility index (Phi) is 4.49. The third-order valence-corrected chi connectivity index (χ3v) is 3.88. The average molecular weight is 270 g/mol. The van der Waals surface area contributed by atoms with Crippen molar-refractivity contribution in [2.75, 3.05) is 20.8 Å². The summed E-state index contributed by atoms with van der Waals surface area (Å²) in [6.45, 7) is 2.90.